The van der Waals surface area contributed by atoms with Crippen molar-refractivity contribution in [1.29, 1.82) is 0 Å². The first-order valence-electron chi connectivity index (χ1n) is 4.69. The van der Waals surface area contributed by atoms with Gasteiger partial charge >= 0.3 is 0 Å². The minimum atomic E-state index is -0.0161. The summed E-state index contributed by atoms with van der Waals surface area (Å²) < 4.78 is 0. The van der Waals surface area contributed by atoms with Crippen LogP contribution >= 0.6 is 0 Å². The Bertz CT molecular complexity index is 398. The second kappa shape index (κ2) is 5.66. The number of hydrogen-bond donors (Lipinski definition) is 1. The van der Waals surface area contributed by atoms with E-state index in [1.165, 1.54) is 0 Å². The highest BCUT2D eigenvalue weighted by atomic mass is 16.1. The first-order chi connectivity index (χ1) is 7.24. The van der Waals surface area contributed by atoms with Crippen LogP contribution in [0.2, 0.25) is 0 Å². The number of terminal acetylenes is 1. The van der Waals surface area contributed by atoms with Crippen molar-refractivity contribution in [3.63, 3.8) is 0 Å². The topological polar surface area (TPSA) is 29.1 Å². The molecule has 0 fully saturated rings. The van der Waals surface area contributed by atoms with Crippen LogP contribution in [0.25, 0.3) is 0 Å². The number of carbonyl (C=O) groups is 1. The van der Waals surface area contributed by atoms with Gasteiger partial charge in [-0.1, -0.05) is 36.3 Å². The molecule has 0 saturated heterocycles. The SMILES string of the molecule is C#CCNC(C)=CC(=O)c1ccccc1. The third-order valence-corrected chi connectivity index (χ3v) is 1.88. The standard InChI is InChI=1S/C13H13NO/c1-3-9-14-11(2)10-13(15)12-7-5-4-6-8-12/h1,4-8,10,14H,9H2,2H3. The van der Waals surface area contributed by atoms with Crippen molar-refractivity contribution in [2.24, 2.45) is 0 Å². The largest absolute Gasteiger partial charge is 0.378 e. The van der Waals surface area contributed by atoms with Crippen LogP contribution in [0.1, 0.15) is 17.3 Å². The molecule has 0 radical (unpaired) electrons. The molecule has 0 unspecified atom stereocenters. The molecule has 76 valence electrons. The Morgan fingerprint density at radius 1 is 1.47 bits per heavy atom. The molecule has 0 bridgehead atoms. The number of nitrogens with one attached hydrogen (secondary N) is 1. The molecule has 0 heterocycles. The Labute approximate surface area is 90.0 Å². The van der Waals surface area contributed by atoms with E-state index in [0.717, 1.165) is 5.70 Å². The quantitative estimate of drug-likeness (QED) is 0.456. The lowest BCUT2D eigenvalue weighted by atomic mass is 10.1. The molecular formula is C13H13NO. The number of ketones is 1. The van der Waals surface area contributed by atoms with Crippen LogP contribution < -0.4 is 5.32 Å². The third-order valence-electron chi connectivity index (χ3n) is 1.88. The van der Waals surface area contributed by atoms with Crippen molar-refractivity contribution in [3.8, 4) is 12.3 Å². The minimum Gasteiger partial charge on any atom is -0.378 e. The molecule has 1 aromatic carbocycles. The van der Waals surface area contributed by atoms with E-state index < -0.39 is 0 Å². The minimum absolute atomic E-state index is 0.0161. The van der Waals surface area contributed by atoms with E-state index >= 15 is 0 Å². The molecule has 2 heteroatoms. The summed E-state index contributed by atoms with van der Waals surface area (Å²) >= 11 is 0. The maximum Gasteiger partial charge on any atom is 0.187 e. The number of hydrogen-bond acceptors (Lipinski definition) is 2. The van der Waals surface area contributed by atoms with Crippen molar-refractivity contribution in [3.05, 3.63) is 47.7 Å². The summed E-state index contributed by atoms with van der Waals surface area (Å²) in [6, 6.07) is 9.13. The molecule has 0 atom stereocenters. The van der Waals surface area contributed by atoms with Gasteiger partial charge in [-0.15, -0.1) is 6.42 Å². The summed E-state index contributed by atoms with van der Waals surface area (Å²) in [5.41, 5.74) is 1.46. The smallest absolute Gasteiger partial charge is 0.187 e. The van der Waals surface area contributed by atoms with Crippen LogP contribution in [0, 0.1) is 12.3 Å². The molecule has 15 heavy (non-hydrogen) atoms. The molecule has 1 rings (SSSR count). The molecule has 0 amide bonds. The summed E-state index contributed by atoms with van der Waals surface area (Å²) in [5.74, 6) is 2.43. The zero-order valence-electron chi connectivity index (χ0n) is 8.66. The van der Waals surface area contributed by atoms with Crippen molar-refractivity contribution in [2.45, 2.75) is 6.92 Å². The van der Waals surface area contributed by atoms with Crippen LogP contribution in [0.5, 0.6) is 0 Å². The van der Waals surface area contributed by atoms with E-state index in [2.05, 4.69) is 11.2 Å². The fraction of sp³-hybridized carbons (Fsp3) is 0.154. The number of carbonyl (C=O) groups excluding carboxylic acids is 1. The lowest BCUT2D eigenvalue weighted by molar-refractivity contribution is 0.104. The van der Waals surface area contributed by atoms with E-state index in [0.29, 0.717) is 12.1 Å². The predicted octanol–water partition coefficient (Wildman–Crippen LogP) is 2.00. The molecule has 0 saturated carbocycles. The van der Waals surface area contributed by atoms with Crippen molar-refractivity contribution >= 4 is 5.78 Å². The zero-order valence-corrected chi connectivity index (χ0v) is 8.66. The molecule has 1 N–H and O–H groups in total. The Morgan fingerprint density at radius 2 is 2.13 bits per heavy atom. The highest BCUT2D eigenvalue weighted by molar-refractivity contribution is 6.04. The molecule has 1 aromatic rings. The van der Waals surface area contributed by atoms with Gasteiger partial charge in [0.15, 0.2) is 5.78 Å². The highest BCUT2D eigenvalue weighted by Crippen LogP contribution is 2.02. The highest BCUT2D eigenvalue weighted by Gasteiger charge is 2.00. The van der Waals surface area contributed by atoms with Crippen LogP contribution in [0.3, 0.4) is 0 Å². The summed E-state index contributed by atoms with van der Waals surface area (Å²) in [6.45, 7) is 2.25. The zero-order chi connectivity index (χ0) is 11.1. The van der Waals surface area contributed by atoms with Crippen molar-refractivity contribution in [2.75, 3.05) is 6.54 Å². The van der Waals surface area contributed by atoms with E-state index in [1.54, 1.807) is 18.2 Å². The van der Waals surface area contributed by atoms with E-state index in [1.807, 2.05) is 25.1 Å². The summed E-state index contributed by atoms with van der Waals surface area (Å²) in [4.78, 5) is 11.7. The van der Waals surface area contributed by atoms with Gasteiger partial charge in [-0.2, -0.15) is 0 Å². The van der Waals surface area contributed by atoms with Crippen LogP contribution in [-0.2, 0) is 0 Å². The lowest BCUT2D eigenvalue weighted by Crippen LogP contribution is -2.12. The van der Waals surface area contributed by atoms with E-state index in [9.17, 15) is 4.79 Å². The Balaban J connectivity index is 2.67. The number of benzene rings is 1. The van der Waals surface area contributed by atoms with Crippen LogP contribution in [-0.4, -0.2) is 12.3 Å². The van der Waals surface area contributed by atoms with Gasteiger partial charge in [0, 0.05) is 17.3 Å². The van der Waals surface area contributed by atoms with Gasteiger partial charge in [0.25, 0.3) is 0 Å². The van der Waals surface area contributed by atoms with Crippen molar-refractivity contribution < 1.29 is 4.79 Å². The van der Waals surface area contributed by atoms with Gasteiger partial charge in [-0.05, 0) is 6.92 Å². The van der Waals surface area contributed by atoms with Gasteiger partial charge < -0.3 is 5.32 Å². The van der Waals surface area contributed by atoms with Crippen molar-refractivity contribution in [1.82, 2.24) is 5.32 Å². The molecule has 0 spiro atoms. The maximum atomic E-state index is 11.7. The summed E-state index contributed by atoms with van der Waals surface area (Å²) in [5, 5.41) is 2.94. The maximum absolute atomic E-state index is 11.7. The molecule has 0 aromatic heterocycles. The Morgan fingerprint density at radius 3 is 2.73 bits per heavy atom. The van der Waals surface area contributed by atoms with Gasteiger partial charge in [0.2, 0.25) is 0 Å². The first kappa shape index (κ1) is 11.1. The third kappa shape index (κ3) is 3.70. The Kier molecular flexibility index (Phi) is 4.18. The van der Waals surface area contributed by atoms with Gasteiger partial charge in [0.1, 0.15) is 0 Å². The second-order valence-corrected chi connectivity index (χ2v) is 3.12. The normalized spacial score (nSPS) is 10.5. The number of allylic oxidation sites excluding steroid dienone is 2. The summed E-state index contributed by atoms with van der Waals surface area (Å²) in [7, 11) is 0. The monoisotopic (exact) mass is 199 g/mol. The van der Waals surface area contributed by atoms with E-state index in [-0.39, 0.29) is 5.78 Å². The summed E-state index contributed by atoms with van der Waals surface area (Å²) in [6.07, 6.45) is 6.64. The first-order valence-corrected chi connectivity index (χ1v) is 4.69. The number of rotatable bonds is 4. The second-order valence-electron chi connectivity index (χ2n) is 3.12. The Hall–Kier alpha value is -2.01. The fourth-order valence-electron chi connectivity index (χ4n) is 1.12. The average Bonchev–Trinajstić information content (AvgIpc) is 2.27. The lowest BCUT2D eigenvalue weighted by Gasteiger charge is -2.01. The molecule has 0 aliphatic heterocycles. The van der Waals surface area contributed by atoms with Gasteiger partial charge in [-0.3, -0.25) is 4.79 Å². The predicted molar refractivity (Wildman–Crippen MR) is 61.4 cm³/mol. The average molecular weight is 199 g/mol. The van der Waals surface area contributed by atoms with Crippen LogP contribution in [0.15, 0.2) is 42.1 Å². The molecule has 2 nitrogen and oxygen atoms in total. The van der Waals surface area contributed by atoms with Gasteiger partial charge in [-0.25, -0.2) is 0 Å². The molecule has 0 aliphatic carbocycles. The van der Waals surface area contributed by atoms with Crippen LogP contribution in [0.4, 0.5) is 0 Å². The van der Waals surface area contributed by atoms with Gasteiger partial charge in [0.05, 0.1) is 6.54 Å². The fourth-order valence-corrected chi connectivity index (χ4v) is 1.12. The molecular weight excluding hydrogens is 186 g/mol. The van der Waals surface area contributed by atoms with E-state index in [4.69, 9.17) is 6.42 Å². The molecule has 0 aliphatic rings.